The molecule has 0 radical (unpaired) electrons. The number of halogens is 1. The SMILES string of the molecule is COc1cc(C)c(C(Cl)CN2CC(C)CC(C)C2)c(C)c1. The van der Waals surface area contributed by atoms with Gasteiger partial charge in [-0.3, -0.25) is 0 Å². The van der Waals surface area contributed by atoms with Crippen LogP contribution in [0.1, 0.15) is 42.3 Å². The number of aryl methyl sites for hydroxylation is 2. The molecule has 21 heavy (non-hydrogen) atoms. The molecule has 1 aliphatic heterocycles. The van der Waals surface area contributed by atoms with E-state index in [9.17, 15) is 0 Å². The molecule has 118 valence electrons. The van der Waals surface area contributed by atoms with E-state index >= 15 is 0 Å². The summed E-state index contributed by atoms with van der Waals surface area (Å²) in [7, 11) is 1.71. The zero-order chi connectivity index (χ0) is 15.6. The largest absolute Gasteiger partial charge is 0.497 e. The van der Waals surface area contributed by atoms with Crippen LogP contribution in [0.15, 0.2) is 12.1 Å². The summed E-state index contributed by atoms with van der Waals surface area (Å²) in [5, 5.41) is 0.0495. The Morgan fingerprint density at radius 1 is 1.19 bits per heavy atom. The van der Waals surface area contributed by atoms with Crippen LogP contribution in [0.5, 0.6) is 5.75 Å². The molecule has 1 aromatic carbocycles. The minimum Gasteiger partial charge on any atom is -0.497 e. The highest BCUT2D eigenvalue weighted by Crippen LogP contribution is 2.32. The number of methoxy groups -OCH3 is 1. The molecule has 1 heterocycles. The van der Waals surface area contributed by atoms with E-state index in [1.807, 2.05) is 0 Å². The number of piperidine rings is 1. The molecule has 1 aromatic rings. The van der Waals surface area contributed by atoms with Crippen LogP contribution >= 0.6 is 11.6 Å². The van der Waals surface area contributed by atoms with E-state index < -0.39 is 0 Å². The minimum absolute atomic E-state index is 0.0495. The predicted molar refractivity (Wildman–Crippen MR) is 90.4 cm³/mol. The fourth-order valence-electron chi connectivity index (χ4n) is 3.81. The third kappa shape index (κ3) is 4.14. The Bertz CT molecular complexity index is 455. The minimum atomic E-state index is 0.0495. The number of likely N-dealkylation sites (tertiary alicyclic amines) is 1. The molecule has 0 N–H and O–H groups in total. The van der Waals surface area contributed by atoms with Crippen molar-refractivity contribution in [3.8, 4) is 5.75 Å². The van der Waals surface area contributed by atoms with Gasteiger partial charge in [0.2, 0.25) is 0 Å². The standard InChI is InChI=1S/C18H28ClNO/c1-12-6-13(2)10-20(9-12)11-17(19)18-14(3)7-16(21-5)8-15(18)4/h7-8,12-13,17H,6,9-11H2,1-5H3. The molecule has 3 atom stereocenters. The summed E-state index contributed by atoms with van der Waals surface area (Å²) in [6.07, 6.45) is 1.34. The third-order valence-electron chi connectivity index (χ3n) is 4.48. The summed E-state index contributed by atoms with van der Waals surface area (Å²) in [6.45, 7) is 12.2. The smallest absolute Gasteiger partial charge is 0.119 e. The lowest BCUT2D eigenvalue weighted by Crippen LogP contribution is -2.40. The van der Waals surface area contributed by atoms with Crippen molar-refractivity contribution in [3.63, 3.8) is 0 Å². The van der Waals surface area contributed by atoms with Gasteiger partial charge in [0.1, 0.15) is 5.75 Å². The Balaban J connectivity index is 2.11. The van der Waals surface area contributed by atoms with Gasteiger partial charge in [-0.25, -0.2) is 0 Å². The summed E-state index contributed by atoms with van der Waals surface area (Å²) in [5.74, 6) is 2.46. The van der Waals surface area contributed by atoms with Crippen molar-refractivity contribution >= 4 is 11.6 Å². The molecule has 0 aliphatic carbocycles. The van der Waals surface area contributed by atoms with Crippen LogP contribution in [0.4, 0.5) is 0 Å². The van der Waals surface area contributed by atoms with Gasteiger partial charge < -0.3 is 9.64 Å². The molecule has 1 saturated heterocycles. The molecule has 1 fully saturated rings. The van der Waals surface area contributed by atoms with Crippen LogP contribution in [-0.4, -0.2) is 31.6 Å². The van der Waals surface area contributed by atoms with E-state index in [4.69, 9.17) is 16.3 Å². The van der Waals surface area contributed by atoms with Crippen LogP contribution < -0.4 is 4.74 Å². The van der Waals surface area contributed by atoms with Crippen molar-refractivity contribution in [2.75, 3.05) is 26.7 Å². The van der Waals surface area contributed by atoms with Crippen molar-refractivity contribution in [1.82, 2.24) is 4.90 Å². The molecule has 3 heteroatoms. The average molecular weight is 310 g/mol. The summed E-state index contributed by atoms with van der Waals surface area (Å²) in [6, 6.07) is 4.17. The van der Waals surface area contributed by atoms with Crippen molar-refractivity contribution in [1.29, 1.82) is 0 Å². The molecular weight excluding hydrogens is 282 g/mol. The van der Waals surface area contributed by atoms with Gasteiger partial charge in [0.15, 0.2) is 0 Å². The fourth-order valence-corrected chi connectivity index (χ4v) is 4.35. The first kappa shape index (κ1) is 16.6. The first-order valence-electron chi connectivity index (χ1n) is 7.92. The normalized spacial score (nSPS) is 24.9. The predicted octanol–water partition coefficient (Wildman–Crippen LogP) is 4.57. The first-order chi connectivity index (χ1) is 9.90. The molecule has 2 rings (SSSR count). The quantitative estimate of drug-likeness (QED) is 0.755. The number of benzene rings is 1. The second kappa shape index (κ2) is 7.02. The third-order valence-corrected chi connectivity index (χ3v) is 4.84. The maximum absolute atomic E-state index is 6.76. The summed E-state index contributed by atoms with van der Waals surface area (Å²) in [5.41, 5.74) is 3.72. The molecule has 0 spiro atoms. The van der Waals surface area contributed by atoms with Crippen LogP contribution in [0.2, 0.25) is 0 Å². The number of rotatable bonds is 4. The van der Waals surface area contributed by atoms with Crippen molar-refractivity contribution < 1.29 is 4.74 Å². The summed E-state index contributed by atoms with van der Waals surface area (Å²) < 4.78 is 5.34. The molecule has 0 amide bonds. The molecule has 0 aromatic heterocycles. The Morgan fingerprint density at radius 2 is 1.71 bits per heavy atom. The lowest BCUT2D eigenvalue weighted by molar-refractivity contribution is 0.141. The highest BCUT2D eigenvalue weighted by Gasteiger charge is 2.25. The number of alkyl halides is 1. The highest BCUT2D eigenvalue weighted by molar-refractivity contribution is 6.21. The van der Waals surface area contributed by atoms with E-state index in [1.165, 1.54) is 36.2 Å². The molecule has 1 aliphatic rings. The lowest BCUT2D eigenvalue weighted by atomic mass is 9.91. The van der Waals surface area contributed by atoms with Crippen LogP contribution in [0.3, 0.4) is 0 Å². The van der Waals surface area contributed by atoms with Gasteiger partial charge in [-0.15, -0.1) is 11.6 Å². The Labute approximate surface area is 134 Å². The molecule has 2 nitrogen and oxygen atoms in total. The second-order valence-corrected chi connectivity index (χ2v) is 7.33. The van der Waals surface area contributed by atoms with Crippen molar-refractivity contribution in [2.45, 2.75) is 39.5 Å². The number of hydrogen-bond acceptors (Lipinski definition) is 2. The van der Waals surface area contributed by atoms with E-state index in [0.29, 0.717) is 0 Å². The topological polar surface area (TPSA) is 12.5 Å². The Morgan fingerprint density at radius 3 is 2.19 bits per heavy atom. The molecule has 0 saturated carbocycles. The highest BCUT2D eigenvalue weighted by atomic mass is 35.5. The van der Waals surface area contributed by atoms with Gasteiger partial charge in [-0.1, -0.05) is 13.8 Å². The van der Waals surface area contributed by atoms with Gasteiger partial charge in [-0.2, -0.15) is 0 Å². The second-order valence-electron chi connectivity index (χ2n) is 6.81. The molecule has 0 bridgehead atoms. The van der Waals surface area contributed by atoms with E-state index in [0.717, 1.165) is 24.1 Å². The summed E-state index contributed by atoms with van der Waals surface area (Å²) in [4.78, 5) is 2.53. The van der Waals surface area contributed by atoms with E-state index in [-0.39, 0.29) is 5.38 Å². The number of ether oxygens (including phenoxy) is 1. The van der Waals surface area contributed by atoms with Crippen LogP contribution in [-0.2, 0) is 0 Å². The van der Waals surface area contributed by atoms with Crippen LogP contribution in [0.25, 0.3) is 0 Å². The molecule has 3 unspecified atom stereocenters. The Kier molecular flexibility index (Phi) is 5.56. The van der Waals surface area contributed by atoms with Crippen molar-refractivity contribution in [3.05, 3.63) is 28.8 Å². The van der Waals surface area contributed by atoms with Crippen LogP contribution in [0, 0.1) is 25.7 Å². The van der Waals surface area contributed by atoms with Gasteiger partial charge in [0.05, 0.1) is 12.5 Å². The van der Waals surface area contributed by atoms with E-state index in [2.05, 4.69) is 44.7 Å². The monoisotopic (exact) mass is 309 g/mol. The van der Waals surface area contributed by atoms with Gasteiger partial charge >= 0.3 is 0 Å². The van der Waals surface area contributed by atoms with Gasteiger partial charge in [-0.05, 0) is 60.9 Å². The number of nitrogens with zero attached hydrogens (tertiary/aromatic N) is 1. The average Bonchev–Trinajstić information content (AvgIpc) is 2.36. The zero-order valence-electron chi connectivity index (χ0n) is 13.9. The first-order valence-corrected chi connectivity index (χ1v) is 8.36. The van der Waals surface area contributed by atoms with Gasteiger partial charge in [0, 0.05) is 19.6 Å². The van der Waals surface area contributed by atoms with Crippen molar-refractivity contribution in [2.24, 2.45) is 11.8 Å². The number of hydrogen-bond donors (Lipinski definition) is 0. The fraction of sp³-hybridized carbons (Fsp3) is 0.667. The zero-order valence-corrected chi connectivity index (χ0v) is 14.7. The maximum Gasteiger partial charge on any atom is 0.119 e. The maximum atomic E-state index is 6.76. The van der Waals surface area contributed by atoms with E-state index in [1.54, 1.807) is 7.11 Å². The molecular formula is C18H28ClNO. The summed E-state index contributed by atoms with van der Waals surface area (Å²) >= 11 is 6.76. The Hall–Kier alpha value is -0.730. The lowest BCUT2D eigenvalue weighted by Gasteiger charge is -2.36. The van der Waals surface area contributed by atoms with Gasteiger partial charge in [0.25, 0.3) is 0 Å².